The molecular formula is C48H30O. The van der Waals surface area contributed by atoms with E-state index in [1.165, 1.54) is 0 Å². The summed E-state index contributed by atoms with van der Waals surface area (Å²) in [5.41, 5.74) is 6.78. The third-order valence-electron chi connectivity index (χ3n) is 9.49. The summed E-state index contributed by atoms with van der Waals surface area (Å²) in [6.07, 6.45) is 0. The molecule has 0 saturated carbocycles. The van der Waals surface area contributed by atoms with E-state index in [1.54, 1.807) is 0 Å². The summed E-state index contributed by atoms with van der Waals surface area (Å²) in [4.78, 5) is 0. The molecule has 0 radical (unpaired) electrons. The van der Waals surface area contributed by atoms with E-state index in [0.717, 1.165) is 38.4 Å². The maximum atomic E-state index is 9.47. The number of fused-ring (bicyclic) bond motifs is 7. The second kappa shape index (κ2) is 11.1. The van der Waals surface area contributed by atoms with Crippen molar-refractivity contribution in [2.24, 2.45) is 0 Å². The lowest BCUT2D eigenvalue weighted by Gasteiger charge is -2.18. The Hall–Kier alpha value is -6.44. The van der Waals surface area contributed by atoms with Crippen LogP contribution in [-0.2, 0) is 0 Å². The molecule has 1 aromatic heterocycles. The molecule has 0 atom stereocenters. The first-order chi connectivity index (χ1) is 27.6. The molecule has 0 N–H and O–H groups in total. The highest BCUT2D eigenvalue weighted by Gasteiger charge is 2.21. The average molecular weight is 631 g/mol. The van der Waals surface area contributed by atoms with E-state index in [2.05, 4.69) is 24.3 Å². The van der Waals surface area contributed by atoms with Crippen molar-refractivity contribution in [1.29, 1.82) is 0 Å². The highest BCUT2D eigenvalue weighted by Crippen LogP contribution is 2.48. The van der Waals surface area contributed by atoms with Crippen LogP contribution in [-0.4, -0.2) is 0 Å². The third-order valence-corrected chi connectivity index (χ3v) is 9.49. The van der Waals surface area contributed by atoms with E-state index in [1.807, 2.05) is 109 Å². The van der Waals surface area contributed by atoms with E-state index in [4.69, 9.17) is 9.90 Å². The topological polar surface area (TPSA) is 13.1 Å². The number of benzene rings is 9. The molecule has 0 spiro atoms. The van der Waals surface area contributed by atoms with Crippen LogP contribution < -0.4 is 0 Å². The van der Waals surface area contributed by atoms with E-state index in [9.17, 15) is 5.48 Å². The summed E-state index contributed by atoms with van der Waals surface area (Å²) in [6.45, 7) is 0. The van der Waals surface area contributed by atoms with Crippen LogP contribution in [0.3, 0.4) is 0 Å². The summed E-state index contributed by atoms with van der Waals surface area (Å²) < 4.78 is 79.9. The van der Waals surface area contributed by atoms with Crippen LogP contribution in [0.4, 0.5) is 0 Å². The molecule has 228 valence electrons. The first-order valence-electron chi connectivity index (χ1n) is 20.2. The van der Waals surface area contributed by atoms with Gasteiger partial charge in [-0.15, -0.1) is 0 Å². The van der Waals surface area contributed by atoms with Gasteiger partial charge in [0.1, 0.15) is 11.2 Å². The normalized spacial score (nSPS) is 14.0. The Bertz CT molecular complexity index is 3240. The van der Waals surface area contributed by atoms with Crippen LogP contribution in [0.5, 0.6) is 0 Å². The Morgan fingerprint density at radius 3 is 1.61 bits per heavy atom. The van der Waals surface area contributed by atoms with Crippen LogP contribution in [0, 0.1) is 0 Å². The van der Waals surface area contributed by atoms with Gasteiger partial charge >= 0.3 is 0 Å². The summed E-state index contributed by atoms with van der Waals surface area (Å²) in [5.74, 6) is 0. The molecule has 1 heterocycles. The van der Waals surface area contributed by atoms with Crippen molar-refractivity contribution in [2.45, 2.75) is 0 Å². The van der Waals surface area contributed by atoms with Gasteiger partial charge in [0, 0.05) is 16.2 Å². The lowest BCUT2D eigenvalue weighted by atomic mass is 9.84. The van der Waals surface area contributed by atoms with Gasteiger partial charge in [-0.05, 0) is 102 Å². The fraction of sp³-hybridized carbons (Fsp3) is 0. The minimum Gasteiger partial charge on any atom is -0.455 e. The van der Waals surface area contributed by atoms with Gasteiger partial charge in [0.25, 0.3) is 0 Å². The zero-order valence-corrected chi connectivity index (χ0v) is 26.1. The minimum absolute atomic E-state index is 0.161. The molecule has 0 aliphatic heterocycles. The van der Waals surface area contributed by atoms with Crippen molar-refractivity contribution in [3.05, 3.63) is 182 Å². The molecule has 49 heavy (non-hydrogen) atoms. The van der Waals surface area contributed by atoms with Crippen molar-refractivity contribution < 1.29 is 15.4 Å². The van der Waals surface area contributed by atoms with E-state index in [-0.39, 0.29) is 51.3 Å². The average Bonchev–Trinajstić information content (AvgIpc) is 3.65. The predicted octanol–water partition coefficient (Wildman–Crippen LogP) is 13.7. The predicted molar refractivity (Wildman–Crippen MR) is 208 cm³/mol. The molecule has 1 heteroatoms. The van der Waals surface area contributed by atoms with Gasteiger partial charge in [0.2, 0.25) is 0 Å². The van der Waals surface area contributed by atoms with Crippen LogP contribution in [0.1, 0.15) is 11.0 Å². The first-order valence-corrected chi connectivity index (χ1v) is 16.2. The maximum absolute atomic E-state index is 9.47. The van der Waals surface area contributed by atoms with Gasteiger partial charge in [-0.2, -0.15) is 0 Å². The molecule has 10 aromatic rings. The minimum atomic E-state index is -0.442. The van der Waals surface area contributed by atoms with E-state index in [0.29, 0.717) is 33.2 Å². The Morgan fingerprint density at radius 1 is 0.388 bits per heavy atom. The number of hydrogen-bond acceptors (Lipinski definition) is 1. The van der Waals surface area contributed by atoms with Crippen molar-refractivity contribution in [1.82, 2.24) is 0 Å². The lowest BCUT2D eigenvalue weighted by molar-refractivity contribution is 0.673. The summed E-state index contributed by atoms with van der Waals surface area (Å²) in [6, 6.07) is 40.1. The quantitative estimate of drug-likeness (QED) is 0.176. The van der Waals surface area contributed by atoms with Crippen LogP contribution in [0.2, 0.25) is 0 Å². The molecular weight excluding hydrogens is 593 g/mol. The fourth-order valence-electron chi connectivity index (χ4n) is 7.30. The standard InChI is InChI=1S/C48H30O/c1-3-13-31(14-4-1)33-17-11-18-36(30-33)45-38-19-7-9-21-40(38)46(41-22-10-8-20-39(41)45)42-23-12-24-44-47(42)43-28-26-35-29-34(32-15-5-2-6-16-32)25-27-37(35)48(43)49-44/h1-30H/i7D,8D,9D,10D,19D,20D,21D,22D. The Balaban J connectivity index is 1.37. The summed E-state index contributed by atoms with van der Waals surface area (Å²) in [7, 11) is 0. The van der Waals surface area contributed by atoms with E-state index >= 15 is 0 Å². The lowest BCUT2D eigenvalue weighted by Crippen LogP contribution is -1.91. The molecule has 0 unspecified atom stereocenters. The molecule has 0 amide bonds. The van der Waals surface area contributed by atoms with Crippen molar-refractivity contribution >= 4 is 54.3 Å². The van der Waals surface area contributed by atoms with Gasteiger partial charge in [0.15, 0.2) is 0 Å². The molecule has 10 rings (SSSR count). The molecule has 9 aromatic carbocycles. The SMILES string of the molecule is [2H]c1c([2H])c([2H])c2c(-c3cccc4oc5c6ccc(-c7ccccc7)cc6ccc5c34)c3c([2H])c([2H])c([2H])c([2H])c3c(-c3cccc(-c4ccccc4)c3)c2c1[2H]. The highest BCUT2D eigenvalue weighted by atomic mass is 16.3. The fourth-order valence-corrected chi connectivity index (χ4v) is 7.30. The number of furan rings is 1. The largest absolute Gasteiger partial charge is 0.455 e. The Kier molecular flexibility index (Phi) is 4.69. The molecule has 0 saturated heterocycles. The zero-order valence-electron chi connectivity index (χ0n) is 34.1. The van der Waals surface area contributed by atoms with Gasteiger partial charge < -0.3 is 4.42 Å². The van der Waals surface area contributed by atoms with Crippen molar-refractivity contribution in [3.8, 4) is 44.5 Å². The third kappa shape index (κ3) is 4.40. The van der Waals surface area contributed by atoms with Gasteiger partial charge in [-0.25, -0.2) is 0 Å². The molecule has 0 aliphatic carbocycles. The Morgan fingerprint density at radius 2 is 0.939 bits per heavy atom. The second-order valence-corrected chi connectivity index (χ2v) is 12.2. The molecule has 0 bridgehead atoms. The van der Waals surface area contributed by atoms with E-state index < -0.39 is 24.2 Å². The van der Waals surface area contributed by atoms with Crippen LogP contribution in [0.25, 0.3) is 98.8 Å². The highest BCUT2D eigenvalue weighted by molar-refractivity contribution is 6.27. The van der Waals surface area contributed by atoms with Crippen molar-refractivity contribution in [2.75, 3.05) is 0 Å². The number of hydrogen-bond donors (Lipinski definition) is 0. The second-order valence-electron chi connectivity index (χ2n) is 12.2. The number of rotatable bonds is 4. The summed E-state index contributed by atoms with van der Waals surface area (Å²) >= 11 is 0. The van der Waals surface area contributed by atoms with Gasteiger partial charge in [-0.3, -0.25) is 0 Å². The van der Waals surface area contributed by atoms with Gasteiger partial charge in [0.05, 0.1) is 11.0 Å². The van der Waals surface area contributed by atoms with Gasteiger partial charge in [-0.1, -0.05) is 151 Å². The maximum Gasteiger partial charge on any atom is 0.143 e. The first kappa shape index (κ1) is 20.7. The summed E-state index contributed by atoms with van der Waals surface area (Å²) in [5, 5.41) is 3.96. The molecule has 0 fully saturated rings. The molecule has 0 aliphatic rings. The zero-order chi connectivity index (χ0) is 39.3. The Labute approximate surface area is 295 Å². The smallest absolute Gasteiger partial charge is 0.143 e. The monoisotopic (exact) mass is 630 g/mol. The van der Waals surface area contributed by atoms with Crippen LogP contribution >= 0.6 is 0 Å². The molecule has 1 nitrogen and oxygen atoms in total. The van der Waals surface area contributed by atoms with Crippen molar-refractivity contribution in [3.63, 3.8) is 0 Å². The van der Waals surface area contributed by atoms with Crippen LogP contribution in [0.15, 0.2) is 186 Å².